The third-order valence-electron chi connectivity index (χ3n) is 5.53. The summed E-state index contributed by atoms with van der Waals surface area (Å²) in [5.41, 5.74) is 4.71. The Hall–Kier alpha value is -1.58. The molecule has 1 aliphatic heterocycles. The number of benzene rings is 1. The van der Waals surface area contributed by atoms with E-state index >= 15 is 0 Å². The number of rotatable bonds is 6. The molecule has 1 aromatic rings. The molecule has 3 rings (SSSR count). The fourth-order valence-electron chi connectivity index (χ4n) is 3.78. The smallest absolute Gasteiger partial charge is 0.245 e. The van der Waals surface area contributed by atoms with Crippen LogP contribution in [0.1, 0.15) is 31.2 Å². The highest BCUT2D eigenvalue weighted by Crippen LogP contribution is 2.32. The number of carbonyl (C=O) groups is 1. The maximum absolute atomic E-state index is 11.7. The minimum atomic E-state index is 0. The first-order valence-electron chi connectivity index (χ1n) is 9.02. The first kappa shape index (κ1) is 19.7. The van der Waals surface area contributed by atoms with Crippen LogP contribution in [-0.4, -0.2) is 48.4 Å². The number of hydrogen-bond acceptors (Lipinski definition) is 2. The van der Waals surface area contributed by atoms with Crippen LogP contribution < -0.4 is 0 Å². The maximum Gasteiger partial charge on any atom is 0.245 e. The molecule has 0 saturated carbocycles. The molecule has 0 N–H and O–H groups in total. The highest BCUT2D eigenvalue weighted by Gasteiger charge is 2.26. The molecule has 0 radical (unpaired) electrons. The quantitative estimate of drug-likeness (QED) is 0.568. The molecular weight excluding hydrogens is 332 g/mol. The summed E-state index contributed by atoms with van der Waals surface area (Å²) in [6.45, 7) is 6.87. The van der Waals surface area contributed by atoms with Gasteiger partial charge in [0.25, 0.3) is 0 Å². The molecule has 0 bridgehead atoms. The summed E-state index contributed by atoms with van der Waals surface area (Å²) in [6, 6.07) is 11.1. The van der Waals surface area contributed by atoms with E-state index in [2.05, 4.69) is 41.8 Å². The van der Waals surface area contributed by atoms with Crippen molar-refractivity contribution in [3.63, 3.8) is 0 Å². The van der Waals surface area contributed by atoms with Crippen molar-refractivity contribution >= 4 is 18.3 Å². The summed E-state index contributed by atoms with van der Waals surface area (Å²) in [5.74, 6) is 0.0419. The second-order valence-corrected chi connectivity index (χ2v) is 7.03. The molecule has 0 atom stereocenters. The van der Waals surface area contributed by atoms with Gasteiger partial charge in [-0.2, -0.15) is 0 Å². The number of piperidine rings is 1. The molecule has 1 amide bonds. The molecule has 1 heterocycles. The van der Waals surface area contributed by atoms with Gasteiger partial charge in [0.15, 0.2) is 0 Å². The third-order valence-corrected chi connectivity index (χ3v) is 5.53. The molecule has 4 heteroatoms. The van der Waals surface area contributed by atoms with Crippen molar-refractivity contribution in [3.8, 4) is 0 Å². The van der Waals surface area contributed by atoms with Gasteiger partial charge >= 0.3 is 0 Å². The van der Waals surface area contributed by atoms with E-state index in [9.17, 15) is 4.79 Å². The van der Waals surface area contributed by atoms with Gasteiger partial charge in [0.1, 0.15) is 0 Å². The van der Waals surface area contributed by atoms with E-state index in [4.69, 9.17) is 0 Å². The van der Waals surface area contributed by atoms with Crippen molar-refractivity contribution in [3.05, 3.63) is 59.7 Å². The molecule has 1 saturated heterocycles. The van der Waals surface area contributed by atoms with E-state index in [1.54, 1.807) is 11.1 Å². The zero-order valence-corrected chi connectivity index (χ0v) is 15.9. The van der Waals surface area contributed by atoms with Crippen LogP contribution in [0.15, 0.2) is 54.1 Å². The normalized spacial score (nSPS) is 18.3. The van der Waals surface area contributed by atoms with Gasteiger partial charge in [0, 0.05) is 32.7 Å². The molecule has 1 fully saturated rings. The van der Waals surface area contributed by atoms with E-state index < -0.39 is 0 Å². The van der Waals surface area contributed by atoms with Crippen LogP contribution in [0.5, 0.6) is 0 Å². The van der Waals surface area contributed by atoms with Crippen LogP contribution in [0.4, 0.5) is 0 Å². The number of likely N-dealkylation sites (tertiary alicyclic amines) is 1. The van der Waals surface area contributed by atoms with Gasteiger partial charge in [-0.25, -0.2) is 0 Å². The van der Waals surface area contributed by atoms with Gasteiger partial charge in [-0.05, 0) is 43.7 Å². The fourth-order valence-corrected chi connectivity index (χ4v) is 3.78. The van der Waals surface area contributed by atoms with Crippen LogP contribution in [0, 0.1) is 0 Å². The lowest BCUT2D eigenvalue weighted by molar-refractivity contribution is -0.127. The zero-order valence-electron chi connectivity index (χ0n) is 15.1. The fraction of sp³-hybridized carbons (Fsp3) is 0.476. The Morgan fingerprint density at radius 3 is 2.40 bits per heavy atom. The van der Waals surface area contributed by atoms with Gasteiger partial charge < -0.3 is 4.90 Å². The number of amides is 1. The van der Waals surface area contributed by atoms with Gasteiger partial charge in [0.05, 0.1) is 0 Å². The highest BCUT2D eigenvalue weighted by atomic mass is 35.5. The molecule has 0 unspecified atom stereocenters. The minimum absolute atomic E-state index is 0. The topological polar surface area (TPSA) is 23.6 Å². The van der Waals surface area contributed by atoms with E-state index in [0.29, 0.717) is 6.04 Å². The van der Waals surface area contributed by atoms with Crippen LogP contribution in [-0.2, 0) is 11.2 Å². The van der Waals surface area contributed by atoms with Gasteiger partial charge in [-0.15, -0.1) is 12.4 Å². The molecule has 1 aliphatic carbocycles. The van der Waals surface area contributed by atoms with Crippen LogP contribution >= 0.6 is 12.4 Å². The molecule has 2 aliphatic rings. The van der Waals surface area contributed by atoms with E-state index in [0.717, 1.165) is 38.9 Å². The number of nitrogens with zero attached hydrogens (tertiary/aromatic N) is 2. The number of likely N-dealkylation sites (N-methyl/N-ethyl adjacent to an activating group) is 1. The summed E-state index contributed by atoms with van der Waals surface area (Å²) < 4.78 is 0. The second kappa shape index (κ2) is 9.21. The zero-order chi connectivity index (χ0) is 16.9. The maximum atomic E-state index is 11.7. The van der Waals surface area contributed by atoms with Crippen molar-refractivity contribution < 1.29 is 4.79 Å². The summed E-state index contributed by atoms with van der Waals surface area (Å²) in [7, 11) is 1.90. The van der Waals surface area contributed by atoms with E-state index in [1.165, 1.54) is 24.5 Å². The van der Waals surface area contributed by atoms with Crippen molar-refractivity contribution in [1.29, 1.82) is 0 Å². The summed E-state index contributed by atoms with van der Waals surface area (Å²) >= 11 is 0. The SMILES string of the molecule is C=CC(=O)N(C)C1CCN(CC2=C(Cc3ccccc3)CC2)CC1.Cl. The Morgan fingerprint density at radius 2 is 1.84 bits per heavy atom. The van der Waals surface area contributed by atoms with Gasteiger partial charge in [-0.1, -0.05) is 48.1 Å². The summed E-state index contributed by atoms with van der Waals surface area (Å²) in [4.78, 5) is 16.1. The Kier molecular flexibility index (Phi) is 7.27. The summed E-state index contributed by atoms with van der Waals surface area (Å²) in [6.07, 6.45) is 7.19. The first-order chi connectivity index (χ1) is 11.7. The highest BCUT2D eigenvalue weighted by molar-refractivity contribution is 5.87. The van der Waals surface area contributed by atoms with Crippen molar-refractivity contribution in [1.82, 2.24) is 9.80 Å². The lowest BCUT2D eigenvalue weighted by Crippen LogP contribution is -2.45. The third kappa shape index (κ3) is 4.96. The van der Waals surface area contributed by atoms with Gasteiger partial charge in [0.2, 0.25) is 5.91 Å². The largest absolute Gasteiger partial charge is 0.339 e. The lowest BCUT2D eigenvalue weighted by atomic mass is 9.84. The van der Waals surface area contributed by atoms with Crippen molar-refractivity contribution in [2.75, 3.05) is 26.7 Å². The van der Waals surface area contributed by atoms with Crippen molar-refractivity contribution in [2.45, 2.75) is 38.1 Å². The number of carbonyl (C=O) groups excluding carboxylic acids is 1. The Labute approximate surface area is 157 Å². The number of hydrogen-bond donors (Lipinski definition) is 0. The van der Waals surface area contributed by atoms with Crippen LogP contribution in [0.2, 0.25) is 0 Å². The Morgan fingerprint density at radius 1 is 1.20 bits per heavy atom. The number of allylic oxidation sites excluding steroid dienone is 1. The molecule has 0 spiro atoms. The molecule has 25 heavy (non-hydrogen) atoms. The van der Waals surface area contributed by atoms with Gasteiger partial charge in [-0.3, -0.25) is 9.69 Å². The molecule has 136 valence electrons. The Balaban J connectivity index is 0.00000225. The molecule has 1 aromatic carbocycles. The lowest BCUT2D eigenvalue weighted by Gasteiger charge is -2.38. The van der Waals surface area contributed by atoms with Crippen LogP contribution in [0.25, 0.3) is 0 Å². The Bertz CT molecular complexity index is 618. The monoisotopic (exact) mass is 360 g/mol. The molecule has 3 nitrogen and oxygen atoms in total. The summed E-state index contributed by atoms with van der Waals surface area (Å²) in [5, 5.41) is 0. The van der Waals surface area contributed by atoms with E-state index in [1.807, 2.05) is 11.9 Å². The van der Waals surface area contributed by atoms with E-state index in [-0.39, 0.29) is 18.3 Å². The second-order valence-electron chi connectivity index (χ2n) is 7.03. The predicted octanol–water partition coefficient (Wildman–Crippen LogP) is 3.85. The standard InChI is InChI=1S/C21H28N2O.ClH/c1-3-21(24)22(2)20-11-13-23(14-12-20)16-19-10-9-18(19)15-17-7-5-4-6-8-17;/h3-8,20H,1,9-16H2,2H3;1H. The number of halogens is 1. The molecule has 0 aromatic heterocycles. The predicted molar refractivity (Wildman–Crippen MR) is 106 cm³/mol. The average Bonchev–Trinajstić information content (AvgIpc) is 2.63. The minimum Gasteiger partial charge on any atom is -0.339 e. The average molecular weight is 361 g/mol. The van der Waals surface area contributed by atoms with Crippen LogP contribution in [0.3, 0.4) is 0 Å². The first-order valence-corrected chi connectivity index (χ1v) is 9.02. The molecular formula is C21H29ClN2O. The van der Waals surface area contributed by atoms with Crippen molar-refractivity contribution in [2.24, 2.45) is 0 Å².